The minimum absolute atomic E-state index is 0.247. The fraction of sp³-hybridized carbons (Fsp3) is 0.400. The van der Waals surface area contributed by atoms with Crippen LogP contribution < -0.4 is 0 Å². The molecule has 0 aromatic heterocycles. The van der Waals surface area contributed by atoms with E-state index in [-0.39, 0.29) is 5.82 Å². The first-order chi connectivity index (χ1) is 11.8. The van der Waals surface area contributed by atoms with Gasteiger partial charge in [0.15, 0.2) is 9.84 Å². The lowest BCUT2D eigenvalue weighted by molar-refractivity contribution is 0.169. The first kappa shape index (κ1) is 15.5. The van der Waals surface area contributed by atoms with E-state index in [1.165, 1.54) is 31.2 Å². The third kappa shape index (κ3) is 2.09. The number of halogens is 1. The van der Waals surface area contributed by atoms with Gasteiger partial charge in [-0.15, -0.1) is 0 Å². The molecule has 25 heavy (non-hydrogen) atoms. The highest BCUT2D eigenvalue weighted by Gasteiger charge is 2.81. The van der Waals surface area contributed by atoms with Gasteiger partial charge < -0.3 is 4.74 Å². The van der Waals surface area contributed by atoms with Crippen LogP contribution in [0.5, 0.6) is 0 Å². The Labute approximate surface area is 146 Å². The highest BCUT2D eigenvalue weighted by Crippen LogP contribution is 2.81. The van der Waals surface area contributed by atoms with Gasteiger partial charge in [-0.1, -0.05) is 24.3 Å². The van der Waals surface area contributed by atoms with E-state index in [0.29, 0.717) is 10.3 Å². The van der Waals surface area contributed by atoms with Crippen LogP contribution in [0.25, 0.3) is 0 Å². The van der Waals surface area contributed by atoms with Crippen molar-refractivity contribution in [2.45, 2.75) is 41.8 Å². The second-order valence-electron chi connectivity index (χ2n) is 7.91. The van der Waals surface area contributed by atoms with E-state index in [4.69, 9.17) is 4.74 Å². The average Bonchev–Trinajstić information content (AvgIpc) is 3.44. The molecule has 1 spiro atoms. The summed E-state index contributed by atoms with van der Waals surface area (Å²) in [7, 11) is -3.21. The minimum Gasteiger partial charge on any atom is -0.352 e. The first-order valence-corrected chi connectivity index (χ1v) is 10.4. The van der Waals surface area contributed by atoms with Crippen LogP contribution in [-0.4, -0.2) is 14.7 Å². The number of fused-ring (bicyclic) bond motifs is 1. The van der Waals surface area contributed by atoms with Gasteiger partial charge in [0.2, 0.25) is 0 Å². The predicted octanol–water partition coefficient (Wildman–Crippen LogP) is 3.92. The number of rotatable bonds is 3. The molecule has 2 aromatic carbocycles. The zero-order valence-electron chi connectivity index (χ0n) is 14.0. The zero-order valence-corrected chi connectivity index (χ0v) is 14.8. The molecular weight excluding hydrogens is 339 g/mol. The Morgan fingerprint density at radius 1 is 0.880 bits per heavy atom. The van der Waals surface area contributed by atoms with Crippen molar-refractivity contribution >= 4 is 9.84 Å². The Morgan fingerprint density at radius 3 is 1.80 bits per heavy atom. The maximum atomic E-state index is 13.4. The van der Waals surface area contributed by atoms with Gasteiger partial charge >= 0.3 is 0 Å². The third-order valence-electron chi connectivity index (χ3n) is 6.22. The minimum atomic E-state index is -3.21. The van der Waals surface area contributed by atoms with Crippen LogP contribution in [0.1, 0.15) is 36.8 Å². The van der Waals surface area contributed by atoms with E-state index in [9.17, 15) is 12.8 Å². The number of ether oxygens (including phenoxy) is 1. The zero-order chi connectivity index (χ0) is 17.5. The molecule has 0 radical (unpaired) electrons. The molecule has 1 saturated heterocycles. The lowest BCUT2D eigenvalue weighted by atomic mass is 9.84. The summed E-state index contributed by atoms with van der Waals surface area (Å²) in [5.74, 6) is -0.247. The molecule has 2 saturated carbocycles. The fourth-order valence-corrected chi connectivity index (χ4v) is 5.39. The number of sulfone groups is 1. The van der Waals surface area contributed by atoms with Crippen molar-refractivity contribution in [1.82, 2.24) is 0 Å². The van der Waals surface area contributed by atoms with Crippen molar-refractivity contribution in [3.8, 4) is 0 Å². The van der Waals surface area contributed by atoms with Crippen LogP contribution in [0.2, 0.25) is 0 Å². The lowest BCUT2D eigenvalue weighted by Gasteiger charge is -2.14. The lowest BCUT2D eigenvalue weighted by Crippen LogP contribution is -2.16. The number of benzene rings is 2. The van der Waals surface area contributed by atoms with Crippen LogP contribution in [0, 0.1) is 11.2 Å². The fourth-order valence-electron chi connectivity index (χ4n) is 4.76. The standard InChI is InChI=1S/C20H19FO3S/c1-25(22,23)17-8-4-15(5-9-17)20-13-18(10-11-18)12-19(20,24-20)14-2-6-16(21)7-3-14/h2-9H,10-13H2,1H3. The Hall–Kier alpha value is -1.72. The summed E-state index contributed by atoms with van der Waals surface area (Å²) in [6.07, 6.45) is 5.55. The molecule has 5 heteroatoms. The van der Waals surface area contributed by atoms with Gasteiger partial charge in [0.1, 0.15) is 17.0 Å². The van der Waals surface area contributed by atoms with Crippen molar-refractivity contribution in [3.63, 3.8) is 0 Å². The molecule has 2 unspecified atom stereocenters. The highest BCUT2D eigenvalue weighted by atomic mass is 32.2. The van der Waals surface area contributed by atoms with Gasteiger partial charge in [-0.3, -0.25) is 0 Å². The molecule has 130 valence electrons. The normalized spacial score (nSPS) is 31.8. The van der Waals surface area contributed by atoms with Crippen LogP contribution in [0.3, 0.4) is 0 Å². The number of hydrogen-bond donors (Lipinski definition) is 0. The van der Waals surface area contributed by atoms with Gasteiger partial charge in [-0.25, -0.2) is 12.8 Å². The molecule has 1 aliphatic heterocycles. The predicted molar refractivity (Wildman–Crippen MR) is 91.3 cm³/mol. The Kier molecular flexibility index (Phi) is 2.80. The highest BCUT2D eigenvalue weighted by molar-refractivity contribution is 7.90. The molecule has 3 aliphatic rings. The van der Waals surface area contributed by atoms with E-state index < -0.39 is 21.0 Å². The van der Waals surface area contributed by atoms with E-state index in [1.54, 1.807) is 12.1 Å². The smallest absolute Gasteiger partial charge is 0.175 e. The van der Waals surface area contributed by atoms with Crippen molar-refractivity contribution < 1.29 is 17.5 Å². The van der Waals surface area contributed by atoms with Crippen molar-refractivity contribution in [1.29, 1.82) is 0 Å². The molecule has 0 amide bonds. The number of epoxide rings is 1. The molecule has 2 atom stereocenters. The molecule has 2 aliphatic carbocycles. The van der Waals surface area contributed by atoms with Crippen molar-refractivity contribution in [2.75, 3.05) is 6.26 Å². The van der Waals surface area contributed by atoms with Crippen LogP contribution in [-0.2, 0) is 25.8 Å². The van der Waals surface area contributed by atoms with Crippen molar-refractivity contribution in [3.05, 3.63) is 65.5 Å². The molecule has 3 nitrogen and oxygen atoms in total. The van der Waals surface area contributed by atoms with Gasteiger partial charge in [0.25, 0.3) is 0 Å². The maximum absolute atomic E-state index is 13.4. The third-order valence-corrected chi connectivity index (χ3v) is 7.35. The quantitative estimate of drug-likeness (QED) is 0.781. The topological polar surface area (TPSA) is 46.7 Å². The van der Waals surface area contributed by atoms with Gasteiger partial charge in [-0.05, 0) is 66.5 Å². The largest absolute Gasteiger partial charge is 0.352 e. The average molecular weight is 358 g/mol. The molecule has 1 heterocycles. The first-order valence-electron chi connectivity index (χ1n) is 8.56. The second kappa shape index (κ2) is 4.51. The monoisotopic (exact) mass is 358 g/mol. The van der Waals surface area contributed by atoms with Gasteiger partial charge in [-0.2, -0.15) is 0 Å². The Morgan fingerprint density at radius 2 is 1.36 bits per heavy atom. The van der Waals surface area contributed by atoms with E-state index in [1.807, 2.05) is 24.3 Å². The summed E-state index contributed by atoms with van der Waals surface area (Å²) in [6.45, 7) is 0. The molecule has 2 aromatic rings. The summed E-state index contributed by atoms with van der Waals surface area (Å²) in [4.78, 5) is 0.319. The van der Waals surface area contributed by atoms with E-state index in [2.05, 4.69) is 0 Å². The molecule has 5 rings (SSSR count). The van der Waals surface area contributed by atoms with Crippen LogP contribution >= 0.6 is 0 Å². The van der Waals surface area contributed by atoms with E-state index in [0.717, 1.165) is 24.0 Å². The molecule has 0 N–H and O–H groups in total. The SMILES string of the molecule is CS(=O)(=O)c1ccc(C23CC4(CC4)CC2(c2ccc(F)cc2)O3)cc1. The van der Waals surface area contributed by atoms with Gasteiger partial charge in [0, 0.05) is 6.26 Å². The number of hydrogen-bond acceptors (Lipinski definition) is 3. The Bertz CT molecular complexity index is 961. The maximum Gasteiger partial charge on any atom is 0.175 e. The summed E-state index contributed by atoms with van der Waals surface area (Å²) in [5.41, 5.74) is 1.57. The summed E-state index contributed by atoms with van der Waals surface area (Å²) in [6, 6.07) is 13.7. The van der Waals surface area contributed by atoms with Crippen LogP contribution in [0.15, 0.2) is 53.4 Å². The summed E-state index contributed by atoms with van der Waals surface area (Å²) >= 11 is 0. The van der Waals surface area contributed by atoms with E-state index >= 15 is 0 Å². The summed E-state index contributed by atoms with van der Waals surface area (Å²) < 4.78 is 43.2. The molecule has 3 fully saturated rings. The van der Waals surface area contributed by atoms with Crippen LogP contribution in [0.4, 0.5) is 4.39 Å². The molecular formula is C20H19FO3S. The van der Waals surface area contributed by atoms with Crippen molar-refractivity contribution in [2.24, 2.45) is 5.41 Å². The summed E-state index contributed by atoms with van der Waals surface area (Å²) in [5, 5.41) is 0. The molecule has 0 bridgehead atoms. The van der Waals surface area contributed by atoms with Gasteiger partial charge in [0.05, 0.1) is 4.90 Å². The Balaban J connectivity index is 1.58. The second-order valence-corrected chi connectivity index (χ2v) is 9.93.